The largest absolute Gasteiger partial charge is 0.306 e. The number of nitrogens with one attached hydrogen (secondary N) is 1. The van der Waals surface area contributed by atoms with E-state index in [-0.39, 0.29) is 0 Å². The molecule has 106 valence electrons. The second-order valence-electron chi connectivity index (χ2n) is 4.64. The van der Waals surface area contributed by atoms with Gasteiger partial charge in [-0.3, -0.25) is 0 Å². The quantitative estimate of drug-likeness (QED) is 0.867. The van der Waals surface area contributed by atoms with E-state index in [9.17, 15) is 8.78 Å². The summed E-state index contributed by atoms with van der Waals surface area (Å²) in [7, 11) is 0. The lowest BCUT2D eigenvalue weighted by Gasteiger charge is -2.21. The Hall–Kier alpha value is -1.45. The molecule has 1 atom stereocenters. The maximum atomic E-state index is 14.1. The predicted molar refractivity (Wildman–Crippen MR) is 78.1 cm³/mol. The molecule has 0 bridgehead atoms. The van der Waals surface area contributed by atoms with Crippen molar-refractivity contribution in [3.05, 3.63) is 69.7 Å². The minimum Gasteiger partial charge on any atom is -0.306 e. The van der Waals surface area contributed by atoms with Gasteiger partial charge in [0.25, 0.3) is 0 Å². The molecule has 2 aromatic carbocycles. The van der Waals surface area contributed by atoms with Gasteiger partial charge < -0.3 is 5.32 Å². The highest BCUT2D eigenvalue weighted by molar-refractivity contribution is 6.31. The molecular weight excluding hydrogens is 280 g/mol. The predicted octanol–water partition coefficient (Wildman–Crippen LogP) is 4.63. The fourth-order valence-electron chi connectivity index (χ4n) is 2.20. The van der Waals surface area contributed by atoms with E-state index in [1.165, 1.54) is 6.07 Å². The normalized spacial score (nSPS) is 12.4. The van der Waals surface area contributed by atoms with E-state index in [1.807, 2.05) is 25.1 Å². The Morgan fingerprint density at radius 1 is 1.10 bits per heavy atom. The van der Waals surface area contributed by atoms with Gasteiger partial charge in [-0.05, 0) is 36.7 Å². The Bertz CT molecular complexity index is 613. The summed E-state index contributed by atoms with van der Waals surface area (Å²) in [4.78, 5) is 0. The summed E-state index contributed by atoms with van der Waals surface area (Å²) in [5, 5.41) is 3.75. The molecule has 0 saturated carbocycles. The first-order valence-electron chi connectivity index (χ1n) is 6.48. The van der Waals surface area contributed by atoms with Crippen molar-refractivity contribution in [2.24, 2.45) is 0 Å². The topological polar surface area (TPSA) is 12.0 Å². The van der Waals surface area contributed by atoms with Crippen LogP contribution >= 0.6 is 11.6 Å². The smallest absolute Gasteiger partial charge is 0.131 e. The molecule has 4 heteroatoms. The highest BCUT2D eigenvalue weighted by atomic mass is 35.5. The molecule has 0 fully saturated rings. The zero-order valence-corrected chi connectivity index (χ0v) is 12.1. The van der Waals surface area contributed by atoms with Gasteiger partial charge in [0.1, 0.15) is 11.6 Å². The van der Waals surface area contributed by atoms with Crippen molar-refractivity contribution < 1.29 is 8.78 Å². The zero-order chi connectivity index (χ0) is 14.7. The van der Waals surface area contributed by atoms with Crippen LogP contribution in [0.4, 0.5) is 8.78 Å². The third-order valence-electron chi connectivity index (χ3n) is 3.21. The van der Waals surface area contributed by atoms with Gasteiger partial charge in [0.15, 0.2) is 0 Å². The van der Waals surface area contributed by atoms with E-state index >= 15 is 0 Å². The lowest BCUT2D eigenvalue weighted by molar-refractivity contribution is 0.537. The van der Waals surface area contributed by atoms with Crippen molar-refractivity contribution >= 4 is 11.6 Å². The molecule has 1 nitrogen and oxygen atoms in total. The minimum atomic E-state index is -0.570. The summed E-state index contributed by atoms with van der Waals surface area (Å²) < 4.78 is 27.5. The van der Waals surface area contributed by atoms with Crippen molar-refractivity contribution in [1.29, 1.82) is 0 Å². The van der Waals surface area contributed by atoms with E-state index < -0.39 is 17.7 Å². The highest BCUT2D eigenvalue weighted by Gasteiger charge is 2.20. The lowest BCUT2D eigenvalue weighted by atomic mass is 9.96. The van der Waals surface area contributed by atoms with Crippen LogP contribution < -0.4 is 5.32 Å². The molecule has 1 unspecified atom stereocenters. The molecule has 0 amide bonds. The number of rotatable bonds is 4. The zero-order valence-electron chi connectivity index (χ0n) is 11.4. The van der Waals surface area contributed by atoms with Gasteiger partial charge in [0, 0.05) is 16.7 Å². The average Bonchev–Trinajstić information content (AvgIpc) is 2.42. The van der Waals surface area contributed by atoms with Crippen LogP contribution in [0.1, 0.15) is 29.7 Å². The molecule has 1 N–H and O–H groups in total. The van der Waals surface area contributed by atoms with Gasteiger partial charge in [0.2, 0.25) is 0 Å². The van der Waals surface area contributed by atoms with Crippen LogP contribution in [0.3, 0.4) is 0 Å². The van der Waals surface area contributed by atoms with Crippen LogP contribution in [0.5, 0.6) is 0 Å². The van der Waals surface area contributed by atoms with E-state index in [4.69, 9.17) is 11.6 Å². The molecule has 0 aliphatic heterocycles. The van der Waals surface area contributed by atoms with Crippen molar-refractivity contribution in [1.82, 2.24) is 5.32 Å². The molecular formula is C16H16ClF2N. The summed E-state index contributed by atoms with van der Waals surface area (Å²) in [6.07, 6.45) is 0. The van der Waals surface area contributed by atoms with Crippen molar-refractivity contribution in [2.75, 3.05) is 6.54 Å². The Labute approximate surface area is 122 Å². The first-order valence-corrected chi connectivity index (χ1v) is 6.85. The molecule has 0 saturated heterocycles. The molecule has 0 spiro atoms. The Morgan fingerprint density at radius 2 is 1.80 bits per heavy atom. The minimum absolute atomic E-state index is 0.395. The van der Waals surface area contributed by atoms with Crippen LogP contribution in [0.25, 0.3) is 0 Å². The third-order valence-corrected chi connectivity index (χ3v) is 3.56. The molecule has 0 heterocycles. The molecule has 2 aromatic rings. The fraction of sp³-hybridized carbons (Fsp3) is 0.250. The molecule has 0 radical (unpaired) electrons. The first-order chi connectivity index (χ1) is 9.54. The number of benzene rings is 2. The van der Waals surface area contributed by atoms with E-state index in [1.54, 1.807) is 13.0 Å². The number of hydrogen-bond acceptors (Lipinski definition) is 1. The van der Waals surface area contributed by atoms with Gasteiger partial charge in [-0.25, -0.2) is 8.78 Å². The van der Waals surface area contributed by atoms with Gasteiger partial charge >= 0.3 is 0 Å². The number of halogens is 3. The summed E-state index contributed by atoms with van der Waals surface area (Å²) >= 11 is 6.19. The molecule has 0 aliphatic carbocycles. The third kappa shape index (κ3) is 3.00. The number of aryl methyl sites for hydroxylation is 1. The first kappa shape index (κ1) is 14.9. The Kier molecular flexibility index (Phi) is 4.73. The molecule has 2 rings (SSSR count). The van der Waals surface area contributed by atoms with Crippen LogP contribution in [0.15, 0.2) is 36.4 Å². The van der Waals surface area contributed by atoms with Crippen LogP contribution in [-0.2, 0) is 0 Å². The average molecular weight is 296 g/mol. The summed E-state index contributed by atoms with van der Waals surface area (Å²) in [5.41, 5.74) is 1.59. The SMILES string of the molecule is CCNC(c1cc(C)c(F)cc1F)c1ccccc1Cl. The monoisotopic (exact) mass is 295 g/mol. The van der Waals surface area contributed by atoms with Gasteiger partial charge in [-0.1, -0.05) is 36.7 Å². The molecule has 0 aromatic heterocycles. The van der Waals surface area contributed by atoms with Crippen molar-refractivity contribution in [3.8, 4) is 0 Å². The maximum Gasteiger partial charge on any atom is 0.131 e. The van der Waals surface area contributed by atoms with Gasteiger partial charge in [0.05, 0.1) is 6.04 Å². The van der Waals surface area contributed by atoms with Gasteiger partial charge in [-0.15, -0.1) is 0 Å². The summed E-state index contributed by atoms with van der Waals surface area (Å²) in [6.45, 7) is 4.19. The molecule has 20 heavy (non-hydrogen) atoms. The Balaban J connectivity index is 2.54. The standard InChI is InChI=1S/C16H16ClF2N/c1-3-20-16(11-6-4-5-7-13(11)17)12-8-10(2)14(18)9-15(12)19/h4-9,16,20H,3H2,1-2H3. The summed E-state index contributed by atoms with van der Waals surface area (Å²) in [6, 6.07) is 9.32. The van der Waals surface area contributed by atoms with E-state index in [2.05, 4.69) is 5.32 Å². The molecule has 0 aliphatic rings. The van der Waals surface area contributed by atoms with E-state index in [0.29, 0.717) is 22.7 Å². The Morgan fingerprint density at radius 3 is 2.45 bits per heavy atom. The second-order valence-corrected chi connectivity index (χ2v) is 5.04. The van der Waals surface area contributed by atoms with Crippen LogP contribution in [0, 0.1) is 18.6 Å². The lowest BCUT2D eigenvalue weighted by Crippen LogP contribution is -2.23. The van der Waals surface area contributed by atoms with Crippen molar-refractivity contribution in [3.63, 3.8) is 0 Å². The van der Waals surface area contributed by atoms with Crippen LogP contribution in [0.2, 0.25) is 5.02 Å². The van der Waals surface area contributed by atoms with E-state index in [0.717, 1.165) is 11.6 Å². The highest BCUT2D eigenvalue weighted by Crippen LogP contribution is 2.30. The number of hydrogen-bond donors (Lipinski definition) is 1. The second kappa shape index (κ2) is 6.33. The maximum absolute atomic E-state index is 14.1. The van der Waals surface area contributed by atoms with Crippen molar-refractivity contribution in [2.45, 2.75) is 19.9 Å². The van der Waals surface area contributed by atoms with Crippen LogP contribution in [-0.4, -0.2) is 6.54 Å². The fourth-order valence-corrected chi connectivity index (χ4v) is 2.45. The van der Waals surface area contributed by atoms with Gasteiger partial charge in [-0.2, -0.15) is 0 Å². The summed E-state index contributed by atoms with van der Waals surface area (Å²) in [5.74, 6) is -1.11.